The van der Waals surface area contributed by atoms with Crippen molar-refractivity contribution in [3.63, 3.8) is 0 Å². The highest BCUT2D eigenvalue weighted by molar-refractivity contribution is 5.92. The largest absolute Gasteiger partial charge is 0.497 e. The molecule has 0 aromatic heterocycles. The van der Waals surface area contributed by atoms with Gasteiger partial charge in [0.15, 0.2) is 6.54 Å². The van der Waals surface area contributed by atoms with Crippen LogP contribution in [0.5, 0.6) is 11.5 Å². The highest BCUT2D eigenvalue weighted by Crippen LogP contribution is 2.31. The van der Waals surface area contributed by atoms with Crippen molar-refractivity contribution in [1.29, 1.82) is 0 Å². The summed E-state index contributed by atoms with van der Waals surface area (Å²) < 4.78 is 15.2. The molecule has 0 radical (unpaired) electrons. The fourth-order valence-corrected chi connectivity index (χ4v) is 3.03. The van der Waals surface area contributed by atoms with Crippen molar-refractivity contribution in [2.24, 2.45) is 0 Å². The Labute approximate surface area is 135 Å². The predicted molar refractivity (Wildman–Crippen MR) is 82.8 cm³/mol. The van der Waals surface area contributed by atoms with Gasteiger partial charge in [-0.05, 0) is 18.2 Å². The molecule has 7 nitrogen and oxygen atoms in total. The number of rotatable bonds is 5. The SMILES string of the molecule is COC(=O)NC(=O)C[NH+]1CCC[C@@H]1c1cc(OC)ccc1OC. The summed E-state index contributed by atoms with van der Waals surface area (Å²) in [5.41, 5.74) is 1.02. The molecule has 0 spiro atoms. The summed E-state index contributed by atoms with van der Waals surface area (Å²) in [7, 11) is 4.48. The number of quaternary nitrogens is 1. The molecule has 2 N–H and O–H groups in total. The van der Waals surface area contributed by atoms with Crippen LogP contribution in [-0.2, 0) is 9.53 Å². The molecule has 0 aliphatic carbocycles. The molecule has 7 heteroatoms. The Kier molecular flexibility index (Phi) is 5.81. The Morgan fingerprint density at radius 2 is 2.04 bits per heavy atom. The molecule has 1 aliphatic rings. The minimum Gasteiger partial charge on any atom is -0.497 e. The number of hydrogen-bond donors (Lipinski definition) is 2. The van der Waals surface area contributed by atoms with Crippen molar-refractivity contribution in [3.8, 4) is 11.5 Å². The number of benzene rings is 1. The molecular formula is C16H23N2O5+. The third-order valence-corrected chi connectivity index (χ3v) is 4.11. The number of hydrogen-bond acceptors (Lipinski definition) is 5. The summed E-state index contributed by atoms with van der Waals surface area (Å²) >= 11 is 0. The predicted octanol–water partition coefficient (Wildman–Crippen LogP) is 0.306. The van der Waals surface area contributed by atoms with Gasteiger partial charge in [0.05, 0.1) is 33.4 Å². The highest BCUT2D eigenvalue weighted by Gasteiger charge is 2.34. The average molecular weight is 323 g/mol. The second-order valence-corrected chi connectivity index (χ2v) is 5.43. The lowest BCUT2D eigenvalue weighted by Gasteiger charge is -2.23. The Balaban J connectivity index is 2.15. The molecule has 2 rings (SSSR count). The van der Waals surface area contributed by atoms with Crippen LogP contribution in [0.4, 0.5) is 4.79 Å². The van der Waals surface area contributed by atoms with Gasteiger partial charge in [0.1, 0.15) is 17.5 Å². The smallest absolute Gasteiger partial charge is 0.413 e. The molecule has 23 heavy (non-hydrogen) atoms. The Bertz CT molecular complexity index is 576. The zero-order valence-corrected chi connectivity index (χ0v) is 13.7. The minimum atomic E-state index is -0.732. The second-order valence-electron chi connectivity index (χ2n) is 5.43. The molecule has 1 heterocycles. The number of imide groups is 1. The highest BCUT2D eigenvalue weighted by atomic mass is 16.5. The fraction of sp³-hybridized carbons (Fsp3) is 0.500. The third kappa shape index (κ3) is 4.13. The van der Waals surface area contributed by atoms with Crippen LogP contribution >= 0.6 is 0 Å². The van der Waals surface area contributed by atoms with E-state index in [1.807, 2.05) is 18.2 Å². The van der Waals surface area contributed by atoms with E-state index in [1.165, 1.54) is 7.11 Å². The van der Waals surface area contributed by atoms with E-state index in [1.54, 1.807) is 14.2 Å². The van der Waals surface area contributed by atoms with E-state index in [4.69, 9.17) is 9.47 Å². The molecule has 1 aliphatic heterocycles. The van der Waals surface area contributed by atoms with Gasteiger partial charge in [-0.25, -0.2) is 4.79 Å². The average Bonchev–Trinajstić information content (AvgIpc) is 3.01. The van der Waals surface area contributed by atoms with Crippen molar-refractivity contribution in [1.82, 2.24) is 5.32 Å². The minimum absolute atomic E-state index is 0.128. The zero-order valence-electron chi connectivity index (χ0n) is 13.7. The lowest BCUT2D eigenvalue weighted by atomic mass is 10.0. The standard InChI is InChI=1S/C16H22N2O5/c1-21-11-6-7-14(22-2)12(9-11)13-5-4-8-18(13)10-15(19)17-16(20)23-3/h6-7,9,13H,4-5,8,10H2,1-3H3,(H,17,19,20)/p+1/t13-/m1/s1. The molecule has 1 fully saturated rings. The number of carbonyl (C=O) groups is 2. The molecule has 0 bridgehead atoms. The van der Waals surface area contributed by atoms with E-state index in [2.05, 4.69) is 10.1 Å². The molecule has 0 saturated carbocycles. The second kappa shape index (κ2) is 7.82. The van der Waals surface area contributed by atoms with Gasteiger partial charge in [-0.1, -0.05) is 0 Å². The van der Waals surface area contributed by atoms with Crippen molar-refractivity contribution >= 4 is 12.0 Å². The normalized spacial score (nSPS) is 20.0. The van der Waals surface area contributed by atoms with Crippen molar-refractivity contribution in [3.05, 3.63) is 23.8 Å². The first-order valence-corrected chi connectivity index (χ1v) is 7.53. The van der Waals surface area contributed by atoms with Gasteiger partial charge in [0.25, 0.3) is 5.91 Å². The number of carbonyl (C=O) groups excluding carboxylic acids is 2. The van der Waals surface area contributed by atoms with Gasteiger partial charge in [-0.2, -0.15) is 0 Å². The Morgan fingerprint density at radius 3 is 2.70 bits per heavy atom. The first-order valence-electron chi connectivity index (χ1n) is 7.53. The van der Waals surface area contributed by atoms with Gasteiger partial charge in [-0.15, -0.1) is 0 Å². The summed E-state index contributed by atoms with van der Waals surface area (Å²) in [6.07, 6.45) is 1.22. The molecule has 126 valence electrons. The first-order chi connectivity index (χ1) is 11.1. The van der Waals surface area contributed by atoms with Crippen LogP contribution in [0.25, 0.3) is 0 Å². The monoisotopic (exact) mass is 323 g/mol. The van der Waals surface area contributed by atoms with Crippen molar-refractivity contribution < 1.29 is 28.7 Å². The quantitative estimate of drug-likeness (QED) is 0.815. The van der Waals surface area contributed by atoms with Crippen LogP contribution in [0.15, 0.2) is 18.2 Å². The molecule has 1 aromatic rings. The lowest BCUT2D eigenvalue weighted by molar-refractivity contribution is -0.910. The zero-order chi connectivity index (χ0) is 16.8. The number of methoxy groups -OCH3 is 3. The van der Waals surface area contributed by atoms with Crippen LogP contribution in [-0.4, -0.2) is 46.4 Å². The van der Waals surface area contributed by atoms with E-state index in [0.29, 0.717) is 0 Å². The van der Waals surface area contributed by atoms with Crippen LogP contribution < -0.4 is 19.7 Å². The van der Waals surface area contributed by atoms with Crippen LogP contribution in [0.1, 0.15) is 24.4 Å². The number of nitrogens with one attached hydrogen (secondary N) is 2. The van der Waals surface area contributed by atoms with E-state index in [0.717, 1.165) is 41.3 Å². The molecule has 1 unspecified atom stereocenters. The number of amides is 2. The van der Waals surface area contributed by atoms with Crippen LogP contribution in [0.3, 0.4) is 0 Å². The van der Waals surface area contributed by atoms with Gasteiger partial charge in [0, 0.05) is 12.8 Å². The first kappa shape index (κ1) is 17.1. The Morgan fingerprint density at radius 1 is 1.26 bits per heavy atom. The van der Waals surface area contributed by atoms with Gasteiger partial charge in [-0.3, -0.25) is 10.1 Å². The molecule has 2 amide bonds. The van der Waals surface area contributed by atoms with E-state index >= 15 is 0 Å². The van der Waals surface area contributed by atoms with Crippen LogP contribution in [0.2, 0.25) is 0 Å². The summed E-state index contributed by atoms with van der Waals surface area (Å²) in [6.45, 7) is 1.07. The summed E-state index contributed by atoms with van der Waals surface area (Å²) in [5.74, 6) is 1.19. The van der Waals surface area contributed by atoms with Crippen LogP contribution in [0, 0.1) is 0 Å². The maximum Gasteiger partial charge on any atom is 0.413 e. The van der Waals surface area contributed by atoms with Gasteiger partial charge < -0.3 is 19.1 Å². The third-order valence-electron chi connectivity index (χ3n) is 4.11. The molecular weight excluding hydrogens is 300 g/mol. The number of likely N-dealkylation sites (tertiary alicyclic amines) is 1. The maximum atomic E-state index is 11.9. The van der Waals surface area contributed by atoms with E-state index in [-0.39, 0.29) is 18.5 Å². The summed E-state index contributed by atoms with van der Waals surface area (Å²) in [5, 5.41) is 2.20. The molecule has 1 saturated heterocycles. The summed E-state index contributed by atoms with van der Waals surface area (Å²) in [6, 6.07) is 5.80. The molecule has 1 aromatic carbocycles. The topological polar surface area (TPSA) is 78.3 Å². The van der Waals surface area contributed by atoms with Crippen molar-refractivity contribution in [2.75, 3.05) is 34.4 Å². The van der Waals surface area contributed by atoms with E-state index < -0.39 is 6.09 Å². The number of alkyl carbamates (subject to hydrolysis) is 1. The number of ether oxygens (including phenoxy) is 3. The van der Waals surface area contributed by atoms with Gasteiger partial charge >= 0.3 is 6.09 Å². The molecule has 2 atom stereocenters. The van der Waals surface area contributed by atoms with Gasteiger partial charge in [0.2, 0.25) is 0 Å². The lowest BCUT2D eigenvalue weighted by Crippen LogP contribution is -3.11. The Hall–Kier alpha value is -2.28. The van der Waals surface area contributed by atoms with Crippen molar-refractivity contribution in [2.45, 2.75) is 18.9 Å². The fourth-order valence-electron chi connectivity index (χ4n) is 3.03. The maximum absolute atomic E-state index is 11.9. The summed E-state index contributed by atoms with van der Waals surface area (Å²) in [4.78, 5) is 24.2. The van der Waals surface area contributed by atoms with E-state index in [9.17, 15) is 9.59 Å².